The third-order valence-corrected chi connectivity index (χ3v) is 3.74. The topological polar surface area (TPSA) is 70.3 Å². The molecule has 1 aromatic heterocycles. The van der Waals surface area contributed by atoms with Crippen LogP contribution in [0.15, 0.2) is 18.3 Å². The van der Waals surface area contributed by atoms with Crippen LogP contribution in [-0.2, 0) is 0 Å². The maximum absolute atomic E-state index is 6.17. The summed E-state index contributed by atoms with van der Waals surface area (Å²) in [5, 5.41) is 0.480. The smallest absolute Gasteiger partial charge is 0.179 e. The second-order valence-electron chi connectivity index (χ2n) is 3.91. The van der Waals surface area contributed by atoms with Crippen molar-refractivity contribution < 1.29 is 9.47 Å². The Labute approximate surface area is 128 Å². The number of benzene rings is 1. The van der Waals surface area contributed by atoms with Crippen molar-refractivity contribution in [1.82, 2.24) is 9.97 Å². The van der Waals surface area contributed by atoms with Crippen LogP contribution in [0.25, 0.3) is 11.4 Å². The quantitative estimate of drug-likeness (QED) is 0.760. The minimum absolute atomic E-state index is 0.441. The number of hydrogen-bond donors (Lipinski definition) is 1. The molecule has 0 amide bonds. The van der Waals surface area contributed by atoms with Crippen molar-refractivity contribution >= 4 is 40.0 Å². The lowest BCUT2D eigenvalue weighted by molar-refractivity contribution is 0.172. The Morgan fingerprint density at radius 3 is 2.84 bits per heavy atom. The summed E-state index contributed by atoms with van der Waals surface area (Å²) in [6, 6.07) is 3.55. The fraction of sp³-hybridized carbons (Fsp3) is 0.167. The number of aromatic nitrogens is 2. The Balaban J connectivity index is 2.10. The van der Waals surface area contributed by atoms with Gasteiger partial charge in [-0.2, -0.15) is 0 Å². The van der Waals surface area contributed by atoms with Gasteiger partial charge in [0, 0.05) is 11.8 Å². The molecule has 0 aliphatic carbocycles. The zero-order chi connectivity index (χ0) is 13.4. The van der Waals surface area contributed by atoms with E-state index in [1.165, 1.54) is 0 Å². The Bertz CT molecular complexity index is 651. The van der Waals surface area contributed by atoms with E-state index in [0.717, 1.165) is 9.13 Å². The summed E-state index contributed by atoms with van der Waals surface area (Å²) in [6.07, 6.45) is 1.67. The van der Waals surface area contributed by atoms with E-state index in [1.807, 2.05) is 6.07 Å². The second-order valence-corrected chi connectivity index (χ2v) is 5.48. The van der Waals surface area contributed by atoms with Gasteiger partial charge in [-0.1, -0.05) is 11.6 Å². The highest BCUT2D eigenvalue weighted by atomic mass is 127. The van der Waals surface area contributed by atoms with Gasteiger partial charge in [-0.25, -0.2) is 9.97 Å². The number of fused-ring (bicyclic) bond motifs is 1. The third-order valence-electron chi connectivity index (χ3n) is 2.63. The molecule has 0 atom stereocenters. The van der Waals surface area contributed by atoms with Gasteiger partial charge in [0.15, 0.2) is 17.3 Å². The zero-order valence-electron chi connectivity index (χ0n) is 9.69. The monoisotopic (exact) mass is 389 g/mol. The predicted molar refractivity (Wildman–Crippen MR) is 80.6 cm³/mol. The van der Waals surface area contributed by atoms with Gasteiger partial charge in [0.05, 0.1) is 8.59 Å². The van der Waals surface area contributed by atoms with Crippen LogP contribution >= 0.6 is 34.2 Å². The standard InChI is InChI=1S/C12H9ClIN3O2/c13-7-3-6(4-9-10(7)19-2-1-18-9)12-16-5-8(14)11(15)17-12/h3-5H,1-2H2,(H2,15,16,17). The van der Waals surface area contributed by atoms with Crippen LogP contribution in [0.1, 0.15) is 0 Å². The SMILES string of the molecule is Nc1nc(-c2cc(Cl)c3c(c2)OCCO3)ncc1I. The van der Waals surface area contributed by atoms with E-state index in [1.54, 1.807) is 12.3 Å². The van der Waals surface area contributed by atoms with Crippen LogP contribution in [0, 0.1) is 3.57 Å². The second kappa shape index (κ2) is 5.01. The molecule has 7 heteroatoms. The van der Waals surface area contributed by atoms with Crippen molar-refractivity contribution in [3.05, 3.63) is 26.9 Å². The van der Waals surface area contributed by atoms with Crippen LogP contribution < -0.4 is 15.2 Å². The van der Waals surface area contributed by atoms with Crippen LogP contribution in [0.3, 0.4) is 0 Å². The Morgan fingerprint density at radius 2 is 2.05 bits per heavy atom. The van der Waals surface area contributed by atoms with Crippen molar-refractivity contribution in [3.63, 3.8) is 0 Å². The first-order valence-corrected chi connectivity index (χ1v) is 6.98. The molecule has 0 saturated carbocycles. The molecule has 0 spiro atoms. The molecule has 1 aromatic carbocycles. The van der Waals surface area contributed by atoms with Gasteiger partial charge in [-0.3, -0.25) is 0 Å². The first kappa shape index (κ1) is 12.7. The number of nitrogen functional groups attached to an aromatic ring is 1. The van der Waals surface area contributed by atoms with E-state index in [0.29, 0.717) is 41.4 Å². The number of hydrogen-bond acceptors (Lipinski definition) is 5. The van der Waals surface area contributed by atoms with Gasteiger partial charge in [0.1, 0.15) is 19.0 Å². The first-order valence-electron chi connectivity index (χ1n) is 5.52. The molecular weight excluding hydrogens is 381 g/mol. The average Bonchev–Trinajstić information content (AvgIpc) is 2.42. The lowest BCUT2D eigenvalue weighted by Crippen LogP contribution is -2.15. The summed E-state index contributed by atoms with van der Waals surface area (Å²) in [5.74, 6) is 2.12. The molecule has 2 heterocycles. The summed E-state index contributed by atoms with van der Waals surface area (Å²) < 4.78 is 11.8. The summed E-state index contributed by atoms with van der Waals surface area (Å²) in [4.78, 5) is 8.48. The van der Waals surface area contributed by atoms with E-state index >= 15 is 0 Å². The molecule has 2 N–H and O–H groups in total. The van der Waals surface area contributed by atoms with E-state index in [2.05, 4.69) is 32.6 Å². The molecular formula is C12H9ClIN3O2. The largest absolute Gasteiger partial charge is 0.486 e. The molecule has 0 radical (unpaired) electrons. The Kier molecular flexibility index (Phi) is 3.36. The molecule has 1 aliphatic heterocycles. The van der Waals surface area contributed by atoms with Crippen molar-refractivity contribution in [2.45, 2.75) is 0 Å². The van der Waals surface area contributed by atoms with Crippen LogP contribution in [0.5, 0.6) is 11.5 Å². The molecule has 19 heavy (non-hydrogen) atoms. The summed E-state index contributed by atoms with van der Waals surface area (Å²) >= 11 is 8.26. The lowest BCUT2D eigenvalue weighted by atomic mass is 10.1. The third kappa shape index (κ3) is 2.42. The fourth-order valence-electron chi connectivity index (χ4n) is 1.76. The molecule has 1 aliphatic rings. The first-order chi connectivity index (χ1) is 9.15. The maximum Gasteiger partial charge on any atom is 0.179 e. The number of halogens is 2. The Morgan fingerprint density at radius 1 is 1.26 bits per heavy atom. The van der Waals surface area contributed by atoms with Crippen LogP contribution in [0.2, 0.25) is 5.02 Å². The van der Waals surface area contributed by atoms with Gasteiger partial charge < -0.3 is 15.2 Å². The van der Waals surface area contributed by atoms with E-state index in [4.69, 9.17) is 26.8 Å². The van der Waals surface area contributed by atoms with Gasteiger partial charge in [-0.05, 0) is 34.7 Å². The number of nitrogens with zero attached hydrogens (tertiary/aromatic N) is 2. The van der Waals surface area contributed by atoms with Crippen molar-refractivity contribution in [2.75, 3.05) is 18.9 Å². The molecule has 0 fully saturated rings. The molecule has 0 saturated heterocycles. The minimum Gasteiger partial charge on any atom is -0.486 e. The van der Waals surface area contributed by atoms with Gasteiger partial charge in [0.2, 0.25) is 0 Å². The molecule has 5 nitrogen and oxygen atoms in total. The summed E-state index contributed by atoms with van der Waals surface area (Å²) in [5.41, 5.74) is 6.53. The highest BCUT2D eigenvalue weighted by Crippen LogP contribution is 2.40. The molecule has 0 bridgehead atoms. The normalized spacial score (nSPS) is 13.4. The summed E-state index contributed by atoms with van der Waals surface area (Å²) in [6.45, 7) is 1.00. The van der Waals surface area contributed by atoms with Gasteiger partial charge in [0.25, 0.3) is 0 Å². The molecule has 3 rings (SSSR count). The number of rotatable bonds is 1. The molecule has 0 unspecified atom stereocenters. The molecule has 2 aromatic rings. The van der Waals surface area contributed by atoms with Gasteiger partial charge in [-0.15, -0.1) is 0 Å². The lowest BCUT2D eigenvalue weighted by Gasteiger charge is -2.20. The number of anilines is 1. The Hall–Kier alpha value is -1.28. The summed E-state index contributed by atoms with van der Waals surface area (Å²) in [7, 11) is 0. The highest BCUT2D eigenvalue weighted by molar-refractivity contribution is 14.1. The predicted octanol–water partition coefficient (Wildman–Crippen LogP) is 2.76. The molecule has 98 valence electrons. The number of nitrogens with two attached hydrogens (primary N) is 1. The van der Waals surface area contributed by atoms with Crippen molar-refractivity contribution in [2.24, 2.45) is 0 Å². The highest BCUT2D eigenvalue weighted by Gasteiger charge is 2.18. The average molecular weight is 390 g/mol. The van der Waals surface area contributed by atoms with Crippen LogP contribution in [0.4, 0.5) is 5.82 Å². The van der Waals surface area contributed by atoms with E-state index < -0.39 is 0 Å². The van der Waals surface area contributed by atoms with Crippen molar-refractivity contribution in [3.8, 4) is 22.9 Å². The van der Waals surface area contributed by atoms with Gasteiger partial charge >= 0.3 is 0 Å². The maximum atomic E-state index is 6.17. The minimum atomic E-state index is 0.441. The van der Waals surface area contributed by atoms with E-state index in [9.17, 15) is 0 Å². The van der Waals surface area contributed by atoms with Crippen molar-refractivity contribution in [1.29, 1.82) is 0 Å². The zero-order valence-corrected chi connectivity index (χ0v) is 12.6. The van der Waals surface area contributed by atoms with Crippen LogP contribution in [-0.4, -0.2) is 23.2 Å². The van der Waals surface area contributed by atoms with E-state index in [-0.39, 0.29) is 0 Å². The fourth-order valence-corrected chi connectivity index (χ4v) is 2.28. The number of ether oxygens (including phenoxy) is 2.